The highest BCUT2D eigenvalue weighted by molar-refractivity contribution is 7.99. The van der Waals surface area contributed by atoms with Gasteiger partial charge >= 0.3 is 5.97 Å². The molecule has 0 aliphatic heterocycles. The summed E-state index contributed by atoms with van der Waals surface area (Å²) in [6.45, 7) is -0.370. The van der Waals surface area contributed by atoms with Crippen molar-refractivity contribution in [3.8, 4) is 6.07 Å². The van der Waals surface area contributed by atoms with E-state index in [1.54, 1.807) is 24.3 Å². The fourth-order valence-corrected chi connectivity index (χ4v) is 1.97. The average molecular weight is 280 g/mol. The first-order valence-electron chi connectivity index (χ1n) is 5.34. The maximum atomic E-state index is 11.8. The van der Waals surface area contributed by atoms with E-state index in [0.29, 0.717) is 10.5 Å². The standard InChI is InChI=1S/C12H12N2O4S/c13-5-6-19-10-4-2-1-3-8(10)11(16)14-7-9(15)12(17)18/h1-4,9,15H,6-7H2,(H,14,16)(H,17,18)/t9-/m0/s1. The smallest absolute Gasteiger partial charge is 0.334 e. The molecule has 0 aliphatic rings. The molecule has 0 saturated carbocycles. The molecule has 7 heteroatoms. The molecule has 0 fully saturated rings. The molecule has 1 aromatic carbocycles. The minimum absolute atomic E-state index is 0.210. The maximum absolute atomic E-state index is 11.8. The van der Waals surface area contributed by atoms with Gasteiger partial charge in [0, 0.05) is 4.90 Å². The number of aliphatic hydroxyl groups is 1. The number of carbonyl (C=O) groups is 2. The van der Waals surface area contributed by atoms with Crippen molar-refractivity contribution < 1.29 is 19.8 Å². The Bertz CT molecular complexity index is 513. The number of thioether (sulfide) groups is 1. The first kappa shape index (κ1) is 15.0. The highest BCUT2D eigenvalue weighted by Crippen LogP contribution is 2.21. The van der Waals surface area contributed by atoms with Crippen molar-refractivity contribution in [2.75, 3.05) is 12.3 Å². The third-order valence-corrected chi connectivity index (χ3v) is 3.11. The average Bonchev–Trinajstić information content (AvgIpc) is 2.42. The van der Waals surface area contributed by atoms with Gasteiger partial charge in [0.2, 0.25) is 0 Å². The predicted octanol–water partition coefficient (Wildman–Crippen LogP) is 0.478. The largest absolute Gasteiger partial charge is 0.479 e. The zero-order chi connectivity index (χ0) is 14.3. The van der Waals surface area contributed by atoms with E-state index >= 15 is 0 Å². The molecule has 1 atom stereocenters. The Morgan fingerprint density at radius 1 is 1.42 bits per heavy atom. The van der Waals surface area contributed by atoms with Crippen LogP contribution in [0.2, 0.25) is 0 Å². The minimum atomic E-state index is -1.64. The molecule has 0 spiro atoms. The molecule has 1 amide bonds. The Hall–Kier alpha value is -2.04. The van der Waals surface area contributed by atoms with Gasteiger partial charge in [0.1, 0.15) is 0 Å². The van der Waals surface area contributed by atoms with E-state index in [-0.39, 0.29) is 12.3 Å². The number of carboxylic acid groups (broad SMARTS) is 1. The van der Waals surface area contributed by atoms with Gasteiger partial charge in [-0.3, -0.25) is 4.79 Å². The Labute approximate surface area is 114 Å². The van der Waals surface area contributed by atoms with Gasteiger partial charge < -0.3 is 15.5 Å². The Balaban J connectivity index is 2.71. The molecule has 0 aliphatic carbocycles. The van der Waals surface area contributed by atoms with Crippen LogP contribution in [0, 0.1) is 11.3 Å². The van der Waals surface area contributed by atoms with E-state index < -0.39 is 18.0 Å². The number of carbonyl (C=O) groups excluding carboxylic acids is 1. The summed E-state index contributed by atoms with van der Waals surface area (Å²) in [6, 6.07) is 8.64. The summed E-state index contributed by atoms with van der Waals surface area (Å²) in [5.74, 6) is -1.67. The molecular formula is C12H12N2O4S. The quantitative estimate of drug-likeness (QED) is 0.654. The lowest BCUT2D eigenvalue weighted by Crippen LogP contribution is -2.36. The molecule has 0 heterocycles. The number of nitrogens with one attached hydrogen (secondary N) is 1. The van der Waals surface area contributed by atoms with Crippen LogP contribution in [0.5, 0.6) is 0 Å². The van der Waals surface area contributed by atoms with Gasteiger partial charge in [-0.1, -0.05) is 12.1 Å². The van der Waals surface area contributed by atoms with E-state index in [1.165, 1.54) is 11.8 Å². The van der Waals surface area contributed by atoms with E-state index in [4.69, 9.17) is 15.5 Å². The number of benzene rings is 1. The summed E-state index contributed by atoms with van der Waals surface area (Å²) in [4.78, 5) is 22.9. The van der Waals surface area contributed by atoms with Crippen molar-refractivity contribution in [1.82, 2.24) is 5.32 Å². The number of hydrogen-bond donors (Lipinski definition) is 3. The predicted molar refractivity (Wildman–Crippen MR) is 68.8 cm³/mol. The number of aliphatic carboxylic acids is 1. The van der Waals surface area contributed by atoms with Crippen LogP contribution in [0.1, 0.15) is 10.4 Å². The molecule has 0 unspecified atom stereocenters. The van der Waals surface area contributed by atoms with Crippen LogP contribution in [0.3, 0.4) is 0 Å². The molecular weight excluding hydrogens is 268 g/mol. The van der Waals surface area contributed by atoms with Crippen LogP contribution in [0.25, 0.3) is 0 Å². The third kappa shape index (κ3) is 4.62. The highest BCUT2D eigenvalue weighted by Gasteiger charge is 2.16. The van der Waals surface area contributed by atoms with Crippen LogP contribution in [0.4, 0.5) is 0 Å². The highest BCUT2D eigenvalue weighted by atomic mass is 32.2. The van der Waals surface area contributed by atoms with Gasteiger partial charge in [0.05, 0.1) is 23.9 Å². The Kier molecular flexibility index (Phi) is 5.85. The monoisotopic (exact) mass is 280 g/mol. The molecule has 3 N–H and O–H groups in total. The molecule has 0 aromatic heterocycles. The second-order valence-electron chi connectivity index (χ2n) is 3.51. The summed E-state index contributed by atoms with van der Waals surface area (Å²) in [6.07, 6.45) is -1.64. The van der Waals surface area contributed by atoms with Gasteiger partial charge in [-0.25, -0.2) is 4.79 Å². The minimum Gasteiger partial charge on any atom is -0.479 e. The molecule has 1 aromatic rings. The summed E-state index contributed by atoms with van der Waals surface area (Å²) in [7, 11) is 0. The lowest BCUT2D eigenvalue weighted by molar-refractivity contribution is -0.146. The maximum Gasteiger partial charge on any atom is 0.334 e. The molecule has 1 rings (SSSR count). The molecule has 0 radical (unpaired) electrons. The normalized spacial score (nSPS) is 11.4. The first-order valence-corrected chi connectivity index (χ1v) is 6.32. The van der Waals surface area contributed by atoms with Gasteiger partial charge in [0.15, 0.2) is 6.10 Å². The van der Waals surface area contributed by atoms with Crippen LogP contribution in [-0.2, 0) is 4.79 Å². The number of aliphatic hydroxyl groups excluding tert-OH is 1. The van der Waals surface area contributed by atoms with E-state index in [1.807, 2.05) is 6.07 Å². The van der Waals surface area contributed by atoms with Crippen LogP contribution in [-0.4, -0.2) is 40.5 Å². The lowest BCUT2D eigenvalue weighted by Gasteiger charge is -2.10. The number of hydrogen-bond acceptors (Lipinski definition) is 5. The number of nitrogens with zero attached hydrogens (tertiary/aromatic N) is 1. The topological polar surface area (TPSA) is 110 Å². The zero-order valence-corrected chi connectivity index (χ0v) is 10.7. The van der Waals surface area contributed by atoms with Crippen molar-refractivity contribution in [2.45, 2.75) is 11.0 Å². The number of carboxylic acids is 1. The molecule has 6 nitrogen and oxygen atoms in total. The molecule has 19 heavy (non-hydrogen) atoms. The first-order chi connectivity index (χ1) is 9.06. The molecule has 0 saturated heterocycles. The van der Waals surface area contributed by atoms with Crippen molar-refractivity contribution in [3.63, 3.8) is 0 Å². The second kappa shape index (κ2) is 7.41. The van der Waals surface area contributed by atoms with E-state index in [0.717, 1.165) is 0 Å². The van der Waals surface area contributed by atoms with Crippen molar-refractivity contribution in [3.05, 3.63) is 29.8 Å². The van der Waals surface area contributed by atoms with Crippen molar-refractivity contribution in [2.24, 2.45) is 0 Å². The van der Waals surface area contributed by atoms with Gasteiger partial charge in [-0.05, 0) is 12.1 Å². The lowest BCUT2D eigenvalue weighted by atomic mass is 10.2. The van der Waals surface area contributed by atoms with Crippen LogP contribution < -0.4 is 5.32 Å². The number of nitriles is 1. The molecule has 0 bridgehead atoms. The van der Waals surface area contributed by atoms with Gasteiger partial charge in [-0.2, -0.15) is 5.26 Å². The second-order valence-corrected chi connectivity index (χ2v) is 4.52. The molecule has 100 valence electrons. The number of amides is 1. The summed E-state index contributed by atoms with van der Waals surface area (Å²) >= 11 is 1.22. The zero-order valence-electron chi connectivity index (χ0n) is 9.87. The fourth-order valence-electron chi connectivity index (χ4n) is 1.26. The third-order valence-electron chi connectivity index (χ3n) is 2.16. The summed E-state index contributed by atoms with van der Waals surface area (Å²) in [5.41, 5.74) is 0.348. The summed E-state index contributed by atoms with van der Waals surface area (Å²) in [5, 5.41) is 28.4. The van der Waals surface area contributed by atoms with Gasteiger partial charge in [0.25, 0.3) is 5.91 Å². The van der Waals surface area contributed by atoms with Crippen LogP contribution in [0.15, 0.2) is 29.2 Å². The van der Waals surface area contributed by atoms with E-state index in [9.17, 15) is 9.59 Å². The SMILES string of the molecule is N#CCSc1ccccc1C(=O)NC[C@H](O)C(=O)O. The van der Waals surface area contributed by atoms with Gasteiger partial charge in [-0.15, -0.1) is 11.8 Å². The number of rotatable bonds is 6. The van der Waals surface area contributed by atoms with Crippen LogP contribution >= 0.6 is 11.8 Å². The van der Waals surface area contributed by atoms with Crippen molar-refractivity contribution >= 4 is 23.6 Å². The summed E-state index contributed by atoms with van der Waals surface area (Å²) < 4.78 is 0. The van der Waals surface area contributed by atoms with Crippen molar-refractivity contribution in [1.29, 1.82) is 5.26 Å². The fraction of sp³-hybridized carbons (Fsp3) is 0.250. The Morgan fingerprint density at radius 3 is 2.74 bits per heavy atom. The van der Waals surface area contributed by atoms with E-state index in [2.05, 4.69) is 5.32 Å². The Morgan fingerprint density at radius 2 is 2.11 bits per heavy atom.